The highest BCUT2D eigenvalue weighted by Crippen LogP contribution is 2.34. The molecule has 1 aliphatic rings. The SMILES string of the molecule is CCC(NS(=O)(=O)c1ccc(OC)c(N2C(=O)CCC2=O)c1)c1ccc(C)c(C)c1. The molecule has 8 heteroatoms. The summed E-state index contributed by atoms with van der Waals surface area (Å²) in [5.74, 6) is -0.483. The van der Waals surface area contributed by atoms with Gasteiger partial charge in [-0.2, -0.15) is 0 Å². The van der Waals surface area contributed by atoms with E-state index in [4.69, 9.17) is 4.74 Å². The lowest BCUT2D eigenvalue weighted by atomic mass is 10.0. The van der Waals surface area contributed by atoms with Gasteiger partial charge in [-0.25, -0.2) is 18.0 Å². The van der Waals surface area contributed by atoms with Gasteiger partial charge in [-0.1, -0.05) is 25.1 Å². The zero-order chi connectivity index (χ0) is 22.1. The molecule has 2 aromatic rings. The maximum atomic E-state index is 13.1. The summed E-state index contributed by atoms with van der Waals surface area (Å²) in [6.07, 6.45) is 0.762. The quantitative estimate of drug-likeness (QED) is 0.680. The number of anilines is 1. The summed E-state index contributed by atoms with van der Waals surface area (Å²) in [7, 11) is -2.50. The van der Waals surface area contributed by atoms with Crippen molar-refractivity contribution < 1.29 is 22.7 Å². The molecule has 160 valence electrons. The third kappa shape index (κ3) is 4.24. The van der Waals surface area contributed by atoms with Crippen molar-refractivity contribution in [2.75, 3.05) is 12.0 Å². The summed E-state index contributed by atoms with van der Waals surface area (Å²) >= 11 is 0. The molecule has 0 aliphatic carbocycles. The smallest absolute Gasteiger partial charge is 0.241 e. The average Bonchev–Trinajstić information content (AvgIpc) is 3.05. The van der Waals surface area contributed by atoms with E-state index >= 15 is 0 Å². The number of sulfonamides is 1. The fourth-order valence-electron chi connectivity index (χ4n) is 3.48. The number of hydrogen-bond donors (Lipinski definition) is 1. The van der Waals surface area contributed by atoms with E-state index in [0.29, 0.717) is 6.42 Å². The van der Waals surface area contributed by atoms with Crippen molar-refractivity contribution in [3.05, 3.63) is 53.1 Å². The lowest BCUT2D eigenvalue weighted by Crippen LogP contribution is -2.31. The Bertz CT molecular complexity index is 1080. The van der Waals surface area contributed by atoms with E-state index in [0.717, 1.165) is 21.6 Å². The molecule has 0 aromatic heterocycles. The molecule has 0 spiro atoms. The van der Waals surface area contributed by atoms with Crippen LogP contribution in [0.5, 0.6) is 5.75 Å². The molecule has 1 unspecified atom stereocenters. The lowest BCUT2D eigenvalue weighted by molar-refractivity contribution is -0.121. The number of ether oxygens (including phenoxy) is 1. The molecule has 30 heavy (non-hydrogen) atoms. The highest BCUT2D eigenvalue weighted by atomic mass is 32.2. The molecular weight excluding hydrogens is 404 g/mol. The van der Waals surface area contributed by atoms with Gasteiger partial charge in [0.2, 0.25) is 21.8 Å². The van der Waals surface area contributed by atoms with Gasteiger partial charge in [0.05, 0.1) is 17.7 Å². The first-order valence-electron chi connectivity index (χ1n) is 9.81. The van der Waals surface area contributed by atoms with Gasteiger partial charge in [0, 0.05) is 18.9 Å². The number of methoxy groups -OCH3 is 1. The summed E-state index contributed by atoms with van der Waals surface area (Å²) in [6.45, 7) is 5.90. The van der Waals surface area contributed by atoms with Gasteiger partial charge >= 0.3 is 0 Å². The van der Waals surface area contributed by atoms with E-state index in [1.807, 2.05) is 39.0 Å². The predicted octanol–water partition coefficient (Wildman–Crippen LogP) is 3.40. The molecule has 7 nitrogen and oxygen atoms in total. The molecule has 1 fully saturated rings. The van der Waals surface area contributed by atoms with Crippen molar-refractivity contribution in [2.45, 2.75) is 51.0 Å². The van der Waals surface area contributed by atoms with Crippen molar-refractivity contribution in [1.29, 1.82) is 0 Å². The Morgan fingerprint density at radius 3 is 2.27 bits per heavy atom. The Balaban J connectivity index is 1.97. The monoisotopic (exact) mass is 430 g/mol. The zero-order valence-corrected chi connectivity index (χ0v) is 18.4. The van der Waals surface area contributed by atoms with Crippen molar-refractivity contribution in [3.63, 3.8) is 0 Å². The van der Waals surface area contributed by atoms with Gasteiger partial charge in [0.25, 0.3) is 0 Å². The fourth-order valence-corrected chi connectivity index (χ4v) is 4.81. The molecule has 2 amide bonds. The van der Waals surface area contributed by atoms with E-state index < -0.39 is 16.1 Å². The van der Waals surface area contributed by atoms with Gasteiger partial charge < -0.3 is 4.74 Å². The molecule has 0 radical (unpaired) electrons. The van der Waals surface area contributed by atoms with Crippen LogP contribution in [0.1, 0.15) is 48.9 Å². The van der Waals surface area contributed by atoms with E-state index in [1.165, 1.54) is 25.3 Å². The van der Waals surface area contributed by atoms with Crippen LogP contribution in [0, 0.1) is 13.8 Å². The van der Waals surface area contributed by atoms with Crippen LogP contribution in [-0.4, -0.2) is 27.3 Å². The highest BCUT2D eigenvalue weighted by Gasteiger charge is 2.33. The van der Waals surface area contributed by atoms with Crippen molar-refractivity contribution in [3.8, 4) is 5.75 Å². The number of hydrogen-bond acceptors (Lipinski definition) is 5. The number of benzene rings is 2. The zero-order valence-electron chi connectivity index (χ0n) is 17.6. The highest BCUT2D eigenvalue weighted by molar-refractivity contribution is 7.89. The molecule has 1 heterocycles. The first kappa shape index (κ1) is 22.0. The topological polar surface area (TPSA) is 92.8 Å². The molecule has 0 bridgehead atoms. The number of aryl methyl sites for hydroxylation is 2. The van der Waals surface area contributed by atoms with Crippen LogP contribution in [0.25, 0.3) is 0 Å². The molecule has 2 aromatic carbocycles. The van der Waals surface area contributed by atoms with Crippen LogP contribution >= 0.6 is 0 Å². The first-order chi connectivity index (χ1) is 14.2. The minimum atomic E-state index is -3.91. The minimum absolute atomic E-state index is 0.0342. The van der Waals surface area contributed by atoms with Gasteiger partial charge in [0.15, 0.2) is 0 Å². The Labute approximate surface area is 177 Å². The number of rotatable bonds is 7. The summed E-state index contributed by atoms with van der Waals surface area (Å²) < 4.78 is 34.2. The number of nitrogens with zero attached hydrogens (tertiary/aromatic N) is 1. The average molecular weight is 431 g/mol. The van der Waals surface area contributed by atoms with Crippen molar-refractivity contribution in [1.82, 2.24) is 4.72 Å². The van der Waals surface area contributed by atoms with Crippen LogP contribution < -0.4 is 14.4 Å². The second-order valence-electron chi connectivity index (χ2n) is 7.38. The first-order valence-corrected chi connectivity index (χ1v) is 11.3. The van der Waals surface area contributed by atoms with E-state index in [-0.39, 0.29) is 41.0 Å². The maximum absolute atomic E-state index is 13.1. The van der Waals surface area contributed by atoms with Crippen LogP contribution in [0.15, 0.2) is 41.3 Å². The normalized spacial score (nSPS) is 15.5. The number of carbonyl (C=O) groups is 2. The molecule has 0 saturated carbocycles. The lowest BCUT2D eigenvalue weighted by Gasteiger charge is -2.21. The summed E-state index contributed by atoms with van der Waals surface area (Å²) in [4.78, 5) is 25.3. The maximum Gasteiger partial charge on any atom is 0.241 e. The number of amides is 2. The second-order valence-corrected chi connectivity index (χ2v) is 9.10. The largest absolute Gasteiger partial charge is 0.495 e. The van der Waals surface area contributed by atoms with Gasteiger partial charge in [-0.15, -0.1) is 0 Å². The third-order valence-electron chi connectivity index (χ3n) is 5.39. The van der Waals surface area contributed by atoms with E-state index in [2.05, 4.69) is 4.72 Å². The molecule has 1 atom stereocenters. The molecular formula is C22H26N2O5S. The number of nitrogens with one attached hydrogen (secondary N) is 1. The minimum Gasteiger partial charge on any atom is -0.495 e. The van der Waals surface area contributed by atoms with Crippen LogP contribution in [0.3, 0.4) is 0 Å². The van der Waals surface area contributed by atoms with Crippen LogP contribution in [0.2, 0.25) is 0 Å². The van der Waals surface area contributed by atoms with Gasteiger partial charge in [0.1, 0.15) is 5.75 Å². The summed E-state index contributed by atoms with van der Waals surface area (Å²) in [6, 6.07) is 9.64. The number of imide groups is 1. The fraction of sp³-hybridized carbons (Fsp3) is 0.364. The van der Waals surface area contributed by atoms with Gasteiger partial charge in [-0.3, -0.25) is 9.59 Å². The summed E-state index contributed by atoms with van der Waals surface area (Å²) in [5, 5.41) is 0. The van der Waals surface area contributed by atoms with Crippen LogP contribution in [0.4, 0.5) is 5.69 Å². The standard InChI is InChI=1S/C22H26N2O5S/c1-5-18(16-7-6-14(2)15(3)12-16)23-30(27,28)17-8-9-20(29-4)19(13-17)24-21(25)10-11-22(24)26/h6-9,12-13,18,23H,5,10-11H2,1-4H3. The summed E-state index contributed by atoms with van der Waals surface area (Å²) in [5.41, 5.74) is 3.24. The van der Waals surface area contributed by atoms with E-state index in [1.54, 1.807) is 0 Å². The van der Waals surface area contributed by atoms with Crippen LogP contribution in [-0.2, 0) is 19.6 Å². The molecule has 1 saturated heterocycles. The Morgan fingerprint density at radius 1 is 1.03 bits per heavy atom. The van der Waals surface area contributed by atoms with Crippen molar-refractivity contribution >= 4 is 27.5 Å². The Kier molecular flexibility index (Phi) is 6.28. The number of carbonyl (C=O) groups excluding carboxylic acids is 2. The molecule has 1 aliphatic heterocycles. The second kappa shape index (κ2) is 8.57. The van der Waals surface area contributed by atoms with Crippen molar-refractivity contribution in [2.24, 2.45) is 0 Å². The predicted molar refractivity (Wildman–Crippen MR) is 114 cm³/mol. The third-order valence-corrected chi connectivity index (χ3v) is 6.86. The molecule has 1 N–H and O–H groups in total. The Morgan fingerprint density at radius 2 is 1.70 bits per heavy atom. The molecule has 3 rings (SSSR count). The van der Waals surface area contributed by atoms with E-state index in [9.17, 15) is 18.0 Å². The Hall–Kier alpha value is -2.71. The van der Waals surface area contributed by atoms with Gasteiger partial charge in [-0.05, 0) is 55.2 Å².